The molecule has 1 aliphatic rings. The zero-order chi connectivity index (χ0) is 26.1. The smallest absolute Gasteiger partial charge is 0.325 e. The Hall–Kier alpha value is -3.05. The number of amides is 1. The Morgan fingerprint density at radius 3 is 2.42 bits per heavy atom. The summed E-state index contributed by atoms with van der Waals surface area (Å²) in [4.78, 5) is 33.8. The fraction of sp³-hybridized carbons (Fsp3) is 0.520. The van der Waals surface area contributed by atoms with E-state index in [1.54, 1.807) is 13.8 Å². The third-order valence-corrected chi connectivity index (χ3v) is 6.42. The Morgan fingerprint density at radius 2 is 1.78 bits per heavy atom. The molecule has 0 aliphatic heterocycles. The molecule has 11 heteroatoms. The average Bonchev–Trinajstić information content (AvgIpc) is 2.83. The molecule has 36 heavy (non-hydrogen) atoms. The van der Waals surface area contributed by atoms with Crippen LogP contribution in [0.25, 0.3) is 0 Å². The summed E-state index contributed by atoms with van der Waals surface area (Å²) in [6.07, 6.45) is 4.06. The summed E-state index contributed by atoms with van der Waals surface area (Å²) < 4.78 is 38.8. The van der Waals surface area contributed by atoms with E-state index in [1.165, 1.54) is 0 Å². The van der Waals surface area contributed by atoms with Crippen LogP contribution in [-0.2, 0) is 36.9 Å². The lowest BCUT2D eigenvalue weighted by Gasteiger charge is -2.27. The van der Waals surface area contributed by atoms with Gasteiger partial charge in [0.25, 0.3) is 16.0 Å². The van der Waals surface area contributed by atoms with Gasteiger partial charge in [0.05, 0.1) is 24.7 Å². The number of benzene rings is 1. The van der Waals surface area contributed by atoms with Gasteiger partial charge in [-0.25, -0.2) is 9.97 Å². The van der Waals surface area contributed by atoms with Crippen molar-refractivity contribution in [1.82, 2.24) is 15.3 Å². The number of carbonyl (C=O) groups is 2. The Bertz CT molecular complexity index is 1150. The zero-order valence-electron chi connectivity index (χ0n) is 20.9. The van der Waals surface area contributed by atoms with Crippen molar-refractivity contribution < 1.29 is 31.7 Å². The minimum atomic E-state index is -3.48. The molecule has 1 N–H and O–H groups in total. The molecule has 2 aromatic rings. The number of hydrogen-bond acceptors (Lipinski definition) is 9. The lowest BCUT2D eigenvalue weighted by molar-refractivity contribution is -0.141. The van der Waals surface area contributed by atoms with Crippen molar-refractivity contribution >= 4 is 22.0 Å². The van der Waals surface area contributed by atoms with E-state index in [0.29, 0.717) is 30.8 Å². The van der Waals surface area contributed by atoms with Crippen molar-refractivity contribution in [3.63, 3.8) is 0 Å². The Kier molecular flexibility index (Phi) is 9.77. The molecule has 0 radical (unpaired) electrons. The van der Waals surface area contributed by atoms with Crippen molar-refractivity contribution in [1.29, 1.82) is 0 Å². The van der Waals surface area contributed by atoms with Crippen LogP contribution in [0.4, 0.5) is 0 Å². The van der Waals surface area contributed by atoms with Gasteiger partial charge in [0.2, 0.25) is 0 Å². The molecule has 1 aliphatic carbocycles. The Morgan fingerprint density at radius 1 is 1.08 bits per heavy atom. The van der Waals surface area contributed by atoms with Crippen LogP contribution in [0, 0.1) is 12.8 Å². The van der Waals surface area contributed by atoms with E-state index >= 15 is 0 Å². The van der Waals surface area contributed by atoms with Gasteiger partial charge in [-0.15, -0.1) is 0 Å². The summed E-state index contributed by atoms with van der Waals surface area (Å²) in [5, 5.41) is 2.55. The van der Waals surface area contributed by atoms with E-state index in [9.17, 15) is 18.0 Å². The molecule has 3 rings (SSSR count). The first-order valence-corrected chi connectivity index (χ1v) is 13.8. The molecule has 0 bridgehead atoms. The van der Waals surface area contributed by atoms with Crippen LogP contribution in [-0.4, -0.2) is 55.8 Å². The number of rotatable bonds is 11. The van der Waals surface area contributed by atoms with Crippen LogP contribution in [0.5, 0.6) is 5.75 Å². The van der Waals surface area contributed by atoms with E-state index in [4.69, 9.17) is 13.7 Å². The van der Waals surface area contributed by atoms with Crippen LogP contribution in [0.15, 0.2) is 30.3 Å². The highest BCUT2D eigenvalue weighted by molar-refractivity contribution is 7.86. The maximum Gasteiger partial charge on any atom is 0.325 e. The predicted molar refractivity (Wildman–Crippen MR) is 132 cm³/mol. The van der Waals surface area contributed by atoms with E-state index in [0.717, 1.165) is 24.7 Å². The number of nitrogens with zero attached hydrogens (tertiary/aromatic N) is 2. The van der Waals surface area contributed by atoms with Gasteiger partial charge >= 0.3 is 5.97 Å². The van der Waals surface area contributed by atoms with Crippen LogP contribution < -0.4 is 10.1 Å². The summed E-state index contributed by atoms with van der Waals surface area (Å²) in [7, 11) is -3.48. The zero-order valence-corrected chi connectivity index (χ0v) is 21.7. The third kappa shape index (κ3) is 8.56. The summed E-state index contributed by atoms with van der Waals surface area (Å²) in [6.45, 7) is 3.61. The van der Waals surface area contributed by atoms with Crippen molar-refractivity contribution in [3.8, 4) is 5.75 Å². The van der Waals surface area contributed by atoms with E-state index < -0.39 is 22.0 Å². The lowest BCUT2D eigenvalue weighted by Crippen LogP contribution is -2.32. The molecule has 196 valence electrons. The number of carbonyl (C=O) groups excluding carboxylic acids is 2. The highest BCUT2D eigenvalue weighted by Gasteiger charge is 2.27. The average molecular weight is 520 g/mol. The van der Waals surface area contributed by atoms with Crippen molar-refractivity contribution in [3.05, 3.63) is 53.1 Å². The second-order valence-electron chi connectivity index (χ2n) is 8.81. The minimum absolute atomic E-state index is 0.0619. The van der Waals surface area contributed by atoms with Gasteiger partial charge in [0.1, 0.15) is 19.0 Å². The summed E-state index contributed by atoms with van der Waals surface area (Å²) in [6, 6.07) is 9.52. The van der Waals surface area contributed by atoms with Gasteiger partial charge in [-0.2, -0.15) is 8.42 Å². The molecule has 0 saturated heterocycles. The first kappa shape index (κ1) is 27.5. The van der Waals surface area contributed by atoms with Crippen LogP contribution in [0.3, 0.4) is 0 Å². The minimum Gasteiger partial charge on any atom is -0.485 e. The largest absolute Gasteiger partial charge is 0.485 e. The quantitative estimate of drug-likeness (QED) is 0.351. The highest BCUT2D eigenvalue weighted by Crippen LogP contribution is 2.30. The normalized spacial score (nSPS) is 17.9. The van der Waals surface area contributed by atoms with Crippen LogP contribution in [0.1, 0.15) is 60.2 Å². The standard InChI is InChI=1S/C25H33N3O7S/c1-4-33-22(29)15-26-25(30)23-24(34-16-19-8-6-5-7-9-19)17(2)27-21(28-23)14-18-10-12-20(13-11-18)35-36(3,31)32/h5-9,18,20H,4,10-16H2,1-3H3,(H,26,30). The third-order valence-electron chi connectivity index (χ3n) is 5.80. The molecule has 1 saturated carbocycles. The predicted octanol–water partition coefficient (Wildman–Crippen LogP) is 2.73. The maximum absolute atomic E-state index is 13.0. The molecular formula is C25H33N3O7S. The number of aromatic nitrogens is 2. The first-order valence-electron chi connectivity index (χ1n) is 12.0. The Balaban J connectivity index is 1.75. The Labute approximate surface area is 211 Å². The molecule has 0 unspecified atom stereocenters. The molecule has 0 spiro atoms. The van der Waals surface area contributed by atoms with E-state index in [1.807, 2.05) is 30.3 Å². The van der Waals surface area contributed by atoms with Crippen LogP contribution >= 0.6 is 0 Å². The molecular weight excluding hydrogens is 486 g/mol. The number of nitrogens with one attached hydrogen (secondary N) is 1. The fourth-order valence-electron chi connectivity index (χ4n) is 4.15. The fourth-order valence-corrected chi connectivity index (χ4v) is 4.84. The first-order chi connectivity index (χ1) is 17.1. The molecule has 1 amide bonds. The number of hydrogen-bond donors (Lipinski definition) is 1. The molecule has 10 nitrogen and oxygen atoms in total. The summed E-state index contributed by atoms with van der Waals surface area (Å²) in [5.74, 6) is -0.113. The van der Waals surface area contributed by atoms with Gasteiger partial charge in [0, 0.05) is 6.42 Å². The number of aryl methyl sites for hydroxylation is 1. The second kappa shape index (κ2) is 12.8. The maximum atomic E-state index is 13.0. The monoisotopic (exact) mass is 519 g/mol. The molecule has 1 aromatic heterocycles. The number of esters is 1. The van der Waals surface area contributed by atoms with Crippen molar-refractivity contribution in [2.24, 2.45) is 5.92 Å². The summed E-state index contributed by atoms with van der Waals surface area (Å²) in [5.41, 5.74) is 1.50. The SMILES string of the molecule is CCOC(=O)CNC(=O)c1nc(CC2CCC(OS(C)(=O)=O)CC2)nc(C)c1OCc1ccccc1. The summed E-state index contributed by atoms with van der Waals surface area (Å²) >= 11 is 0. The van der Waals surface area contributed by atoms with Gasteiger partial charge in [-0.1, -0.05) is 30.3 Å². The van der Waals surface area contributed by atoms with Crippen molar-refractivity contribution in [2.75, 3.05) is 19.4 Å². The molecule has 1 aromatic carbocycles. The molecule has 0 atom stereocenters. The van der Waals surface area contributed by atoms with Crippen LogP contribution in [0.2, 0.25) is 0 Å². The van der Waals surface area contributed by atoms with Crippen molar-refractivity contribution in [2.45, 2.75) is 58.7 Å². The van der Waals surface area contributed by atoms with Gasteiger partial charge in [-0.05, 0) is 51.0 Å². The van der Waals surface area contributed by atoms with Gasteiger partial charge < -0.3 is 14.8 Å². The highest BCUT2D eigenvalue weighted by atomic mass is 32.2. The second-order valence-corrected chi connectivity index (χ2v) is 10.4. The van der Waals surface area contributed by atoms with E-state index in [2.05, 4.69) is 15.3 Å². The molecule has 1 fully saturated rings. The number of ether oxygens (including phenoxy) is 2. The lowest BCUT2D eigenvalue weighted by atomic mass is 9.85. The van der Waals surface area contributed by atoms with E-state index in [-0.39, 0.29) is 43.2 Å². The van der Waals surface area contributed by atoms with Gasteiger partial charge in [-0.3, -0.25) is 13.8 Å². The molecule has 1 heterocycles. The van der Waals surface area contributed by atoms with Gasteiger partial charge in [0.15, 0.2) is 11.4 Å². The topological polar surface area (TPSA) is 134 Å².